The van der Waals surface area contributed by atoms with Crippen LogP contribution >= 0.6 is 11.6 Å². The standard InChI is InChI=1S/C27H21ClF6N4O4S/c1-38-11-10-17(14-38)41-22-12-15(2-8-21(22)28)37-43(39,40)18-5-3-16(4-6-18)42-24-9-7-19-20(26(29,30)31)13-23(27(32,33)34)35-25(19)36-24/h2-9,12-13,17,37H,10-11,14H2,1H3/t17-/m1/s1. The van der Waals surface area contributed by atoms with Crippen LogP contribution in [0.5, 0.6) is 17.4 Å². The Bertz CT molecular complexity index is 1770. The van der Waals surface area contributed by atoms with Crippen LogP contribution in [0, 0.1) is 0 Å². The summed E-state index contributed by atoms with van der Waals surface area (Å²) in [6, 6.07) is 11.2. The van der Waals surface area contributed by atoms with E-state index in [9.17, 15) is 34.8 Å². The summed E-state index contributed by atoms with van der Waals surface area (Å²) in [6.07, 6.45) is -9.52. The highest BCUT2D eigenvalue weighted by Gasteiger charge is 2.39. The van der Waals surface area contributed by atoms with Crippen molar-refractivity contribution in [2.45, 2.75) is 29.8 Å². The lowest BCUT2D eigenvalue weighted by molar-refractivity contribution is -0.144. The fraction of sp³-hybridized carbons (Fsp3) is 0.259. The molecule has 1 fully saturated rings. The van der Waals surface area contributed by atoms with Crippen molar-refractivity contribution in [1.82, 2.24) is 14.9 Å². The molecular formula is C27H21ClF6N4O4S. The van der Waals surface area contributed by atoms with Crippen molar-refractivity contribution >= 4 is 38.3 Å². The molecule has 3 heterocycles. The number of fused-ring (bicyclic) bond motifs is 1. The van der Waals surface area contributed by atoms with Crippen LogP contribution < -0.4 is 14.2 Å². The zero-order valence-corrected chi connectivity index (χ0v) is 23.6. The minimum Gasteiger partial charge on any atom is -0.487 e. The topological polar surface area (TPSA) is 93.7 Å². The monoisotopic (exact) mass is 646 g/mol. The van der Waals surface area contributed by atoms with Gasteiger partial charge in [0.2, 0.25) is 5.88 Å². The molecule has 8 nitrogen and oxygen atoms in total. The number of alkyl halides is 6. The first-order valence-corrected chi connectivity index (χ1v) is 14.4. The Labute approximate surface area is 246 Å². The van der Waals surface area contributed by atoms with Crippen LogP contribution in [0.2, 0.25) is 5.02 Å². The Hall–Kier alpha value is -3.82. The molecule has 0 unspecified atom stereocenters. The van der Waals surface area contributed by atoms with Gasteiger partial charge in [-0.1, -0.05) is 11.6 Å². The third-order valence-electron chi connectivity index (χ3n) is 6.42. The van der Waals surface area contributed by atoms with E-state index in [1.165, 1.54) is 42.5 Å². The number of likely N-dealkylation sites (N-methyl/N-ethyl adjacent to an activating group) is 1. The summed E-state index contributed by atoms with van der Waals surface area (Å²) in [5, 5.41) is -0.326. The van der Waals surface area contributed by atoms with Gasteiger partial charge in [0, 0.05) is 30.6 Å². The first-order valence-electron chi connectivity index (χ1n) is 12.5. The Morgan fingerprint density at radius 2 is 1.67 bits per heavy atom. The number of halogens is 7. The molecule has 1 aliphatic heterocycles. The van der Waals surface area contributed by atoms with Gasteiger partial charge >= 0.3 is 12.4 Å². The first kappa shape index (κ1) is 30.6. The average molecular weight is 647 g/mol. The number of sulfonamides is 1. The number of rotatable bonds is 7. The molecule has 1 N–H and O–H groups in total. The molecule has 1 aliphatic rings. The fourth-order valence-corrected chi connectivity index (χ4v) is 5.58. The van der Waals surface area contributed by atoms with Crippen LogP contribution in [0.25, 0.3) is 11.0 Å². The van der Waals surface area contributed by atoms with E-state index >= 15 is 0 Å². The highest BCUT2D eigenvalue weighted by atomic mass is 35.5. The predicted octanol–water partition coefficient (Wildman–Crippen LogP) is 7.00. The van der Waals surface area contributed by atoms with E-state index in [0.29, 0.717) is 17.3 Å². The van der Waals surface area contributed by atoms with Gasteiger partial charge in [-0.15, -0.1) is 0 Å². The quantitative estimate of drug-likeness (QED) is 0.216. The lowest BCUT2D eigenvalue weighted by Crippen LogP contribution is -2.21. The number of hydrogen-bond acceptors (Lipinski definition) is 7. The molecule has 43 heavy (non-hydrogen) atoms. The summed E-state index contributed by atoms with van der Waals surface area (Å²) in [6.45, 7) is 1.56. The number of pyridine rings is 2. The van der Waals surface area contributed by atoms with Crippen LogP contribution in [0.3, 0.4) is 0 Å². The van der Waals surface area contributed by atoms with Gasteiger partial charge < -0.3 is 14.4 Å². The van der Waals surface area contributed by atoms with Gasteiger partial charge in [-0.25, -0.2) is 13.4 Å². The van der Waals surface area contributed by atoms with Crippen molar-refractivity contribution in [3.8, 4) is 17.4 Å². The molecular weight excluding hydrogens is 626 g/mol. The van der Waals surface area contributed by atoms with Crippen molar-refractivity contribution in [2.24, 2.45) is 0 Å². The minimum absolute atomic E-state index is 0.0116. The molecule has 0 radical (unpaired) electrons. The Morgan fingerprint density at radius 3 is 2.30 bits per heavy atom. The molecule has 1 atom stereocenters. The second-order valence-corrected chi connectivity index (χ2v) is 11.8. The van der Waals surface area contributed by atoms with Gasteiger partial charge in [-0.05, 0) is 62.0 Å². The number of nitrogens with one attached hydrogen (secondary N) is 1. The summed E-state index contributed by atoms with van der Waals surface area (Å²) in [5.41, 5.74) is -3.93. The number of hydrogen-bond donors (Lipinski definition) is 1. The molecule has 228 valence electrons. The third-order valence-corrected chi connectivity index (χ3v) is 8.13. The van der Waals surface area contributed by atoms with E-state index in [0.717, 1.165) is 25.1 Å². The number of likely N-dealkylation sites (tertiary alicyclic amines) is 1. The smallest absolute Gasteiger partial charge is 0.433 e. The van der Waals surface area contributed by atoms with Crippen molar-refractivity contribution in [2.75, 3.05) is 24.9 Å². The summed E-state index contributed by atoms with van der Waals surface area (Å²) >= 11 is 6.23. The van der Waals surface area contributed by atoms with Crippen LogP contribution in [0.15, 0.2) is 65.6 Å². The van der Waals surface area contributed by atoms with E-state index < -0.39 is 44.7 Å². The van der Waals surface area contributed by atoms with Crippen LogP contribution in [-0.4, -0.2) is 49.5 Å². The Kier molecular flexibility index (Phi) is 8.09. The highest BCUT2D eigenvalue weighted by molar-refractivity contribution is 7.92. The predicted molar refractivity (Wildman–Crippen MR) is 145 cm³/mol. The van der Waals surface area contributed by atoms with Crippen molar-refractivity contribution < 1.29 is 44.2 Å². The van der Waals surface area contributed by atoms with E-state index in [-0.39, 0.29) is 34.4 Å². The average Bonchev–Trinajstić information content (AvgIpc) is 3.33. The molecule has 16 heteroatoms. The normalized spacial score (nSPS) is 16.4. The first-order chi connectivity index (χ1) is 20.1. The maximum Gasteiger partial charge on any atom is 0.433 e. The number of anilines is 1. The van der Waals surface area contributed by atoms with E-state index in [1.807, 2.05) is 7.05 Å². The molecule has 0 spiro atoms. The van der Waals surface area contributed by atoms with Gasteiger partial charge in [-0.3, -0.25) is 4.72 Å². The molecule has 0 saturated carbocycles. The lowest BCUT2D eigenvalue weighted by atomic mass is 10.1. The number of benzene rings is 2. The zero-order valence-electron chi connectivity index (χ0n) is 22.0. The molecule has 0 amide bonds. The number of aromatic nitrogens is 2. The second kappa shape index (κ2) is 11.4. The lowest BCUT2D eigenvalue weighted by Gasteiger charge is -2.16. The number of ether oxygens (including phenoxy) is 2. The van der Waals surface area contributed by atoms with Crippen LogP contribution in [0.1, 0.15) is 17.7 Å². The zero-order chi connectivity index (χ0) is 31.2. The minimum atomic E-state index is -5.14. The van der Waals surface area contributed by atoms with E-state index in [2.05, 4.69) is 19.6 Å². The maximum absolute atomic E-state index is 13.4. The third kappa shape index (κ3) is 7.05. The summed E-state index contributed by atoms with van der Waals surface area (Å²) in [7, 11) is -2.13. The second-order valence-electron chi connectivity index (χ2n) is 9.69. The van der Waals surface area contributed by atoms with E-state index in [4.69, 9.17) is 21.1 Å². The van der Waals surface area contributed by atoms with Crippen molar-refractivity contribution in [3.05, 3.63) is 76.9 Å². The molecule has 1 saturated heterocycles. The summed E-state index contributed by atoms with van der Waals surface area (Å²) in [4.78, 5) is 8.88. The van der Waals surface area contributed by atoms with Crippen molar-refractivity contribution in [3.63, 3.8) is 0 Å². The SMILES string of the molecule is CN1CC[C@@H](Oc2cc(NS(=O)(=O)c3ccc(Oc4ccc5c(C(F)(F)F)cc(C(F)(F)F)nc5n4)cc3)ccc2Cl)C1. The molecule has 4 aromatic rings. The molecule has 5 rings (SSSR count). The maximum atomic E-state index is 13.4. The van der Waals surface area contributed by atoms with Crippen molar-refractivity contribution in [1.29, 1.82) is 0 Å². The summed E-state index contributed by atoms with van der Waals surface area (Å²) in [5.74, 6) is -0.0196. The van der Waals surface area contributed by atoms with Gasteiger partial charge in [0.1, 0.15) is 23.3 Å². The molecule has 2 aromatic carbocycles. The number of nitrogens with zero attached hydrogens (tertiary/aromatic N) is 3. The van der Waals surface area contributed by atoms with Gasteiger partial charge in [0.25, 0.3) is 10.0 Å². The Morgan fingerprint density at radius 1 is 0.953 bits per heavy atom. The van der Waals surface area contributed by atoms with E-state index in [1.54, 1.807) is 0 Å². The van der Waals surface area contributed by atoms with Gasteiger partial charge in [0.15, 0.2) is 5.65 Å². The highest BCUT2D eigenvalue weighted by Crippen LogP contribution is 2.39. The summed E-state index contributed by atoms with van der Waals surface area (Å²) < 4.78 is 120. The Balaban J connectivity index is 1.33. The fourth-order valence-electron chi connectivity index (χ4n) is 4.37. The van der Waals surface area contributed by atoms with Crippen LogP contribution in [0.4, 0.5) is 32.0 Å². The molecule has 0 bridgehead atoms. The molecule has 0 aliphatic carbocycles. The largest absolute Gasteiger partial charge is 0.487 e. The molecule has 2 aromatic heterocycles. The van der Waals surface area contributed by atoms with Crippen LogP contribution in [-0.2, 0) is 22.4 Å². The van der Waals surface area contributed by atoms with Gasteiger partial charge in [-0.2, -0.15) is 31.3 Å². The van der Waals surface area contributed by atoms with Gasteiger partial charge in [0.05, 0.1) is 21.2 Å².